The number of hydrogen-bond donors (Lipinski definition) is 1. The molecule has 0 unspecified atom stereocenters. The van der Waals surface area contributed by atoms with Gasteiger partial charge in [0.15, 0.2) is 0 Å². The third-order valence-corrected chi connectivity index (χ3v) is 2.72. The molecule has 0 amide bonds. The first-order valence-corrected chi connectivity index (χ1v) is 5.56. The molecule has 0 aliphatic heterocycles. The van der Waals surface area contributed by atoms with Crippen molar-refractivity contribution >= 4 is 17.3 Å². The van der Waals surface area contributed by atoms with Gasteiger partial charge in [0, 0.05) is 11.3 Å². The maximum absolute atomic E-state index is 13.5. The van der Waals surface area contributed by atoms with Crippen molar-refractivity contribution < 1.29 is 13.5 Å². The third kappa shape index (κ3) is 2.71. The summed E-state index contributed by atoms with van der Waals surface area (Å²) in [5.41, 5.74) is 6.18. The Morgan fingerprint density at radius 1 is 1.17 bits per heavy atom. The SMILES string of the molecule is Nc1cccc(F)c1COc1ccc(F)cc1Cl. The van der Waals surface area contributed by atoms with E-state index in [0.717, 1.165) is 6.07 Å². The molecule has 2 aromatic carbocycles. The van der Waals surface area contributed by atoms with Crippen molar-refractivity contribution in [3.05, 3.63) is 58.6 Å². The number of halogens is 3. The first-order valence-electron chi connectivity index (χ1n) is 5.18. The molecule has 0 aromatic heterocycles. The number of rotatable bonds is 3. The summed E-state index contributed by atoms with van der Waals surface area (Å²) < 4.78 is 31.6. The lowest BCUT2D eigenvalue weighted by Crippen LogP contribution is -2.03. The van der Waals surface area contributed by atoms with Crippen LogP contribution < -0.4 is 10.5 Å². The molecule has 0 heterocycles. The topological polar surface area (TPSA) is 35.2 Å². The van der Waals surface area contributed by atoms with Crippen LogP contribution in [0.25, 0.3) is 0 Å². The van der Waals surface area contributed by atoms with E-state index in [9.17, 15) is 8.78 Å². The van der Waals surface area contributed by atoms with Crippen LogP contribution >= 0.6 is 11.6 Å². The van der Waals surface area contributed by atoms with Gasteiger partial charge in [0.05, 0.1) is 5.02 Å². The van der Waals surface area contributed by atoms with Gasteiger partial charge in [0.2, 0.25) is 0 Å². The van der Waals surface area contributed by atoms with Crippen molar-refractivity contribution in [3.8, 4) is 5.75 Å². The van der Waals surface area contributed by atoms with E-state index in [0.29, 0.717) is 5.69 Å². The fourth-order valence-electron chi connectivity index (χ4n) is 1.47. The highest BCUT2D eigenvalue weighted by atomic mass is 35.5. The van der Waals surface area contributed by atoms with Gasteiger partial charge in [-0.15, -0.1) is 0 Å². The molecule has 5 heteroatoms. The van der Waals surface area contributed by atoms with Crippen molar-refractivity contribution in [2.75, 3.05) is 5.73 Å². The first-order chi connectivity index (χ1) is 8.58. The van der Waals surface area contributed by atoms with E-state index in [1.54, 1.807) is 6.07 Å². The van der Waals surface area contributed by atoms with Crippen LogP contribution in [-0.4, -0.2) is 0 Å². The van der Waals surface area contributed by atoms with E-state index in [1.807, 2.05) is 0 Å². The minimum absolute atomic E-state index is 0.0656. The molecule has 2 aromatic rings. The molecule has 2 N–H and O–H groups in total. The van der Waals surface area contributed by atoms with Crippen molar-refractivity contribution in [2.45, 2.75) is 6.61 Å². The van der Waals surface area contributed by atoms with Crippen LogP contribution in [0.15, 0.2) is 36.4 Å². The molecule has 0 spiro atoms. The van der Waals surface area contributed by atoms with E-state index in [4.69, 9.17) is 22.1 Å². The number of nitrogen functional groups attached to an aromatic ring is 1. The Kier molecular flexibility index (Phi) is 3.67. The summed E-state index contributed by atoms with van der Waals surface area (Å²) in [4.78, 5) is 0. The van der Waals surface area contributed by atoms with Gasteiger partial charge in [-0.05, 0) is 30.3 Å². The van der Waals surface area contributed by atoms with Crippen molar-refractivity contribution in [1.29, 1.82) is 0 Å². The van der Waals surface area contributed by atoms with E-state index in [-0.39, 0.29) is 22.9 Å². The molecule has 0 aliphatic rings. The summed E-state index contributed by atoms with van der Waals surface area (Å²) >= 11 is 5.79. The standard InChI is InChI=1S/C13H10ClF2NO/c14-10-6-8(15)4-5-13(10)18-7-9-11(16)2-1-3-12(9)17/h1-6H,7,17H2. The Bertz CT molecular complexity index is 555. The predicted molar refractivity (Wildman–Crippen MR) is 66.6 cm³/mol. The zero-order valence-corrected chi connectivity index (χ0v) is 10.0. The summed E-state index contributed by atoms with van der Waals surface area (Å²) in [7, 11) is 0. The Morgan fingerprint density at radius 2 is 1.94 bits per heavy atom. The lowest BCUT2D eigenvalue weighted by atomic mass is 10.2. The Hall–Kier alpha value is -1.81. The number of anilines is 1. The van der Waals surface area contributed by atoms with E-state index >= 15 is 0 Å². The van der Waals surface area contributed by atoms with Crippen molar-refractivity contribution in [3.63, 3.8) is 0 Å². The van der Waals surface area contributed by atoms with Crippen molar-refractivity contribution in [2.24, 2.45) is 0 Å². The van der Waals surface area contributed by atoms with Gasteiger partial charge in [0.1, 0.15) is 24.0 Å². The zero-order chi connectivity index (χ0) is 13.1. The fraction of sp³-hybridized carbons (Fsp3) is 0.0769. The Morgan fingerprint density at radius 3 is 2.61 bits per heavy atom. The van der Waals surface area contributed by atoms with Gasteiger partial charge >= 0.3 is 0 Å². The van der Waals surface area contributed by atoms with Crippen LogP contribution in [0.2, 0.25) is 5.02 Å². The number of benzene rings is 2. The molecule has 2 rings (SSSR count). The van der Waals surface area contributed by atoms with Gasteiger partial charge in [-0.1, -0.05) is 17.7 Å². The lowest BCUT2D eigenvalue weighted by Gasteiger charge is -2.10. The summed E-state index contributed by atoms with van der Waals surface area (Å²) in [5.74, 6) is -0.633. The molecule has 2 nitrogen and oxygen atoms in total. The smallest absolute Gasteiger partial charge is 0.138 e. The molecule has 0 saturated carbocycles. The second kappa shape index (κ2) is 5.23. The van der Waals surface area contributed by atoms with Crippen LogP contribution in [0, 0.1) is 11.6 Å². The van der Waals surface area contributed by atoms with E-state index < -0.39 is 11.6 Å². The van der Waals surface area contributed by atoms with Gasteiger partial charge < -0.3 is 10.5 Å². The zero-order valence-electron chi connectivity index (χ0n) is 9.29. The fourth-order valence-corrected chi connectivity index (χ4v) is 1.69. The average molecular weight is 270 g/mol. The maximum Gasteiger partial charge on any atom is 0.138 e. The third-order valence-electron chi connectivity index (χ3n) is 2.42. The van der Waals surface area contributed by atoms with Crippen LogP contribution in [0.5, 0.6) is 5.75 Å². The van der Waals surface area contributed by atoms with E-state index in [2.05, 4.69) is 0 Å². The molecular weight excluding hydrogens is 260 g/mol. The minimum atomic E-state index is -0.460. The second-order valence-electron chi connectivity index (χ2n) is 3.67. The van der Waals surface area contributed by atoms with Crippen LogP contribution in [0.3, 0.4) is 0 Å². The quantitative estimate of drug-likeness (QED) is 0.861. The Balaban J connectivity index is 2.16. The van der Waals surface area contributed by atoms with Crippen LogP contribution in [-0.2, 0) is 6.61 Å². The lowest BCUT2D eigenvalue weighted by molar-refractivity contribution is 0.300. The molecular formula is C13H10ClF2NO. The molecule has 0 atom stereocenters. The highest BCUT2D eigenvalue weighted by Crippen LogP contribution is 2.26. The van der Waals surface area contributed by atoms with Crippen molar-refractivity contribution in [1.82, 2.24) is 0 Å². The number of ether oxygens (including phenoxy) is 1. The Labute approximate surface area is 108 Å². The monoisotopic (exact) mass is 269 g/mol. The van der Waals surface area contributed by atoms with Crippen LogP contribution in [0.1, 0.15) is 5.56 Å². The largest absolute Gasteiger partial charge is 0.487 e. The number of hydrogen-bond acceptors (Lipinski definition) is 2. The normalized spacial score (nSPS) is 10.4. The van der Waals surface area contributed by atoms with Gasteiger partial charge in [0.25, 0.3) is 0 Å². The van der Waals surface area contributed by atoms with Gasteiger partial charge in [-0.3, -0.25) is 0 Å². The summed E-state index contributed by atoms with van der Waals surface area (Å²) in [6, 6.07) is 8.11. The van der Waals surface area contributed by atoms with E-state index in [1.165, 1.54) is 24.3 Å². The molecule has 0 saturated heterocycles. The molecule has 0 bridgehead atoms. The first kappa shape index (κ1) is 12.6. The van der Waals surface area contributed by atoms with Gasteiger partial charge in [-0.2, -0.15) is 0 Å². The molecule has 0 radical (unpaired) electrons. The van der Waals surface area contributed by atoms with Gasteiger partial charge in [-0.25, -0.2) is 8.78 Å². The highest BCUT2D eigenvalue weighted by Gasteiger charge is 2.08. The molecule has 0 aliphatic carbocycles. The summed E-state index contributed by atoms with van der Waals surface area (Å²) in [6.07, 6.45) is 0. The minimum Gasteiger partial charge on any atom is -0.487 e. The predicted octanol–water partition coefficient (Wildman–Crippen LogP) is 3.78. The molecule has 94 valence electrons. The summed E-state index contributed by atoms with van der Waals surface area (Å²) in [5, 5.41) is 0.130. The summed E-state index contributed by atoms with van der Waals surface area (Å²) in [6.45, 7) is -0.0656. The van der Waals surface area contributed by atoms with Crippen LogP contribution in [0.4, 0.5) is 14.5 Å². The number of nitrogens with two attached hydrogens (primary N) is 1. The maximum atomic E-state index is 13.5. The molecule has 18 heavy (non-hydrogen) atoms. The molecule has 0 fully saturated rings. The second-order valence-corrected chi connectivity index (χ2v) is 4.08. The highest BCUT2D eigenvalue weighted by molar-refractivity contribution is 6.32. The average Bonchev–Trinajstić information content (AvgIpc) is 2.31.